The first-order chi connectivity index (χ1) is 13.0. The summed E-state index contributed by atoms with van der Waals surface area (Å²) in [6.45, 7) is 3.59. The molecule has 1 saturated heterocycles. The number of carboxylic acids is 1. The van der Waals surface area contributed by atoms with Crippen molar-refractivity contribution in [1.82, 2.24) is 4.90 Å². The minimum Gasteiger partial charge on any atom is -0.481 e. The maximum atomic E-state index is 12.7. The topological polar surface area (TPSA) is 70.1 Å². The van der Waals surface area contributed by atoms with Gasteiger partial charge in [0.25, 0.3) is 5.91 Å². The van der Waals surface area contributed by atoms with Crippen LogP contribution in [0.3, 0.4) is 0 Å². The molecular formula is C21H24N2O4. The van der Waals surface area contributed by atoms with Crippen molar-refractivity contribution in [3.05, 3.63) is 47.7 Å². The number of fused-ring (bicyclic) bond motifs is 1. The van der Waals surface area contributed by atoms with Crippen LogP contribution in [0.25, 0.3) is 0 Å². The predicted molar refractivity (Wildman–Crippen MR) is 102 cm³/mol. The smallest absolute Gasteiger partial charge is 0.310 e. The van der Waals surface area contributed by atoms with Gasteiger partial charge in [-0.3, -0.25) is 9.59 Å². The van der Waals surface area contributed by atoms with E-state index in [0.29, 0.717) is 17.7 Å². The van der Waals surface area contributed by atoms with E-state index in [9.17, 15) is 9.59 Å². The average molecular weight is 368 g/mol. The van der Waals surface area contributed by atoms with Gasteiger partial charge in [0.15, 0.2) is 6.23 Å². The third kappa shape index (κ3) is 3.31. The van der Waals surface area contributed by atoms with E-state index in [1.54, 1.807) is 6.08 Å². The average Bonchev–Trinajstić information content (AvgIpc) is 3.03. The zero-order chi connectivity index (χ0) is 19.0. The number of carbonyl (C=O) groups excluding carboxylic acids is 1. The molecule has 0 aromatic heterocycles. The van der Waals surface area contributed by atoms with E-state index in [-0.39, 0.29) is 12.1 Å². The van der Waals surface area contributed by atoms with Gasteiger partial charge in [-0.1, -0.05) is 12.2 Å². The van der Waals surface area contributed by atoms with Crippen molar-refractivity contribution >= 4 is 17.6 Å². The monoisotopic (exact) mass is 368 g/mol. The summed E-state index contributed by atoms with van der Waals surface area (Å²) in [5.74, 6) is -0.529. The van der Waals surface area contributed by atoms with E-state index < -0.39 is 11.9 Å². The first-order valence-corrected chi connectivity index (χ1v) is 9.55. The number of hydrogen-bond donors (Lipinski definition) is 1. The molecule has 0 saturated carbocycles. The van der Waals surface area contributed by atoms with Crippen molar-refractivity contribution in [3.8, 4) is 5.75 Å². The van der Waals surface area contributed by atoms with Crippen LogP contribution in [0.2, 0.25) is 0 Å². The number of hydrogen-bond acceptors (Lipinski definition) is 4. The minimum absolute atomic E-state index is 0.0632. The predicted octanol–water partition coefficient (Wildman–Crippen LogP) is 3.40. The van der Waals surface area contributed by atoms with Gasteiger partial charge in [-0.25, -0.2) is 0 Å². The molecule has 0 bridgehead atoms. The summed E-state index contributed by atoms with van der Waals surface area (Å²) in [6, 6.07) is 5.61. The first-order valence-electron chi connectivity index (χ1n) is 9.55. The van der Waals surface area contributed by atoms with Crippen LogP contribution in [0.4, 0.5) is 5.69 Å². The summed E-state index contributed by atoms with van der Waals surface area (Å²) in [7, 11) is 0. The van der Waals surface area contributed by atoms with E-state index in [2.05, 4.69) is 0 Å². The van der Waals surface area contributed by atoms with Crippen LogP contribution in [0.5, 0.6) is 5.75 Å². The lowest BCUT2D eigenvalue weighted by molar-refractivity contribution is -0.139. The van der Waals surface area contributed by atoms with Gasteiger partial charge in [0.05, 0.1) is 11.6 Å². The number of carbonyl (C=O) groups is 2. The Morgan fingerprint density at radius 3 is 2.63 bits per heavy atom. The van der Waals surface area contributed by atoms with Crippen LogP contribution < -0.4 is 9.64 Å². The second-order valence-electron chi connectivity index (χ2n) is 7.29. The molecule has 1 amide bonds. The van der Waals surface area contributed by atoms with Crippen LogP contribution in [0, 0.1) is 5.92 Å². The summed E-state index contributed by atoms with van der Waals surface area (Å²) < 4.78 is 5.99. The molecule has 2 aliphatic heterocycles. The Morgan fingerprint density at radius 2 is 1.96 bits per heavy atom. The Labute approximate surface area is 158 Å². The molecule has 1 aliphatic carbocycles. The summed E-state index contributed by atoms with van der Waals surface area (Å²) in [4.78, 5) is 27.8. The Morgan fingerprint density at radius 1 is 1.19 bits per heavy atom. The quantitative estimate of drug-likeness (QED) is 0.885. The third-order valence-electron chi connectivity index (χ3n) is 5.45. The number of allylic oxidation sites excluding steroid dienone is 2. The van der Waals surface area contributed by atoms with Crippen molar-refractivity contribution in [3.63, 3.8) is 0 Å². The number of aliphatic carboxylic acids is 1. The van der Waals surface area contributed by atoms with Gasteiger partial charge in [-0.05, 0) is 56.9 Å². The zero-order valence-corrected chi connectivity index (χ0v) is 15.4. The molecule has 2 atom stereocenters. The van der Waals surface area contributed by atoms with Crippen LogP contribution in [-0.4, -0.2) is 41.2 Å². The van der Waals surface area contributed by atoms with E-state index in [4.69, 9.17) is 9.84 Å². The standard InChI is InChI=1S/C21H24N2O4/c1-14-23(17-8-5-15(6-9-17)21(25)26)18-10-7-16(13-19(18)27-14)20(24)22-11-3-2-4-12-22/h5,7-10,13-15H,2-4,6,11-12H2,1H3,(H,25,26). The van der Waals surface area contributed by atoms with Crippen molar-refractivity contribution in [2.45, 2.75) is 38.8 Å². The van der Waals surface area contributed by atoms with Gasteiger partial charge in [-0.15, -0.1) is 0 Å². The number of anilines is 1. The number of likely N-dealkylation sites (tertiary alicyclic amines) is 1. The van der Waals surface area contributed by atoms with Crippen LogP contribution >= 0.6 is 0 Å². The molecule has 4 rings (SSSR count). The fraction of sp³-hybridized carbons (Fsp3) is 0.429. The molecule has 142 valence electrons. The largest absolute Gasteiger partial charge is 0.481 e. The Hall–Kier alpha value is -2.76. The maximum Gasteiger partial charge on any atom is 0.310 e. The van der Waals surface area contributed by atoms with Crippen LogP contribution in [0.1, 0.15) is 43.0 Å². The van der Waals surface area contributed by atoms with E-state index in [1.807, 2.05) is 47.1 Å². The zero-order valence-electron chi connectivity index (χ0n) is 15.4. The van der Waals surface area contributed by atoms with Crippen molar-refractivity contribution in [2.75, 3.05) is 18.0 Å². The van der Waals surface area contributed by atoms with Gasteiger partial charge in [0.1, 0.15) is 5.75 Å². The summed E-state index contributed by atoms with van der Waals surface area (Å²) in [5.41, 5.74) is 2.49. The number of rotatable bonds is 3. The fourth-order valence-electron chi connectivity index (χ4n) is 3.97. The number of benzene rings is 1. The second-order valence-corrected chi connectivity index (χ2v) is 7.29. The summed E-state index contributed by atoms with van der Waals surface area (Å²) in [6.07, 6.45) is 9.06. The second kappa shape index (κ2) is 7.10. The lowest BCUT2D eigenvalue weighted by Gasteiger charge is -2.27. The van der Waals surface area contributed by atoms with Gasteiger partial charge >= 0.3 is 5.97 Å². The van der Waals surface area contributed by atoms with Crippen LogP contribution in [-0.2, 0) is 4.79 Å². The first kappa shape index (κ1) is 17.6. The molecule has 1 N–H and O–H groups in total. The van der Waals surface area contributed by atoms with Crippen molar-refractivity contribution in [1.29, 1.82) is 0 Å². The molecule has 2 unspecified atom stereocenters. The SMILES string of the molecule is CC1Oc2cc(C(=O)N3CCCCC3)ccc2N1C1=CCC(C(=O)O)C=C1. The van der Waals surface area contributed by atoms with E-state index in [0.717, 1.165) is 37.3 Å². The third-order valence-corrected chi connectivity index (χ3v) is 5.45. The highest BCUT2D eigenvalue weighted by atomic mass is 16.5. The molecule has 0 radical (unpaired) electrons. The molecule has 0 spiro atoms. The van der Waals surface area contributed by atoms with Crippen molar-refractivity contribution in [2.24, 2.45) is 5.92 Å². The molecular weight excluding hydrogens is 344 g/mol. The molecule has 3 aliphatic rings. The number of amides is 1. The number of carboxylic acid groups (broad SMARTS) is 1. The summed E-state index contributed by atoms with van der Waals surface area (Å²) >= 11 is 0. The summed E-state index contributed by atoms with van der Waals surface area (Å²) in [5, 5.41) is 9.13. The van der Waals surface area contributed by atoms with E-state index >= 15 is 0 Å². The molecule has 1 aromatic rings. The highest BCUT2D eigenvalue weighted by Gasteiger charge is 2.32. The molecule has 6 heteroatoms. The maximum absolute atomic E-state index is 12.7. The normalized spacial score (nSPS) is 24.3. The number of nitrogens with zero attached hydrogens (tertiary/aromatic N) is 2. The lowest BCUT2D eigenvalue weighted by Crippen LogP contribution is -2.35. The molecule has 2 heterocycles. The van der Waals surface area contributed by atoms with E-state index in [1.165, 1.54) is 6.42 Å². The number of ether oxygens (including phenoxy) is 1. The molecule has 1 aromatic carbocycles. The molecule has 1 fully saturated rings. The fourth-order valence-corrected chi connectivity index (χ4v) is 3.97. The van der Waals surface area contributed by atoms with Crippen molar-refractivity contribution < 1.29 is 19.4 Å². The van der Waals surface area contributed by atoms with Crippen LogP contribution in [0.15, 0.2) is 42.1 Å². The Kier molecular flexibility index (Phi) is 4.64. The molecule has 6 nitrogen and oxygen atoms in total. The van der Waals surface area contributed by atoms with Gasteiger partial charge in [0.2, 0.25) is 0 Å². The lowest BCUT2D eigenvalue weighted by atomic mass is 9.99. The van der Waals surface area contributed by atoms with Gasteiger partial charge in [0, 0.05) is 24.4 Å². The van der Waals surface area contributed by atoms with Gasteiger partial charge < -0.3 is 19.6 Å². The van der Waals surface area contributed by atoms with Gasteiger partial charge in [-0.2, -0.15) is 0 Å². The highest BCUT2D eigenvalue weighted by molar-refractivity contribution is 5.95. The minimum atomic E-state index is -0.812. The highest BCUT2D eigenvalue weighted by Crippen LogP contribution is 2.41. The Bertz CT molecular complexity index is 823. The Balaban J connectivity index is 1.55. The molecule has 27 heavy (non-hydrogen) atoms. The number of piperidine rings is 1.